The van der Waals surface area contributed by atoms with Gasteiger partial charge in [0.25, 0.3) is 0 Å². The normalized spacial score (nSPS) is 22.3. The van der Waals surface area contributed by atoms with Crippen LogP contribution in [0, 0.1) is 19.3 Å². The predicted molar refractivity (Wildman–Crippen MR) is 77.9 cm³/mol. The van der Waals surface area contributed by atoms with E-state index in [0.29, 0.717) is 25.9 Å². The predicted octanol–water partition coefficient (Wildman–Crippen LogP) is 1.67. The molecule has 0 radical (unpaired) electrons. The van der Waals surface area contributed by atoms with Crippen LogP contribution in [0.4, 0.5) is 0 Å². The Morgan fingerprint density at radius 3 is 2.67 bits per heavy atom. The van der Waals surface area contributed by atoms with Crippen molar-refractivity contribution in [1.82, 2.24) is 15.1 Å². The first-order chi connectivity index (χ1) is 9.89. The van der Waals surface area contributed by atoms with Crippen LogP contribution in [0.2, 0.25) is 0 Å². The second kappa shape index (κ2) is 5.87. The number of hydrogen-bond donors (Lipinski definition) is 2. The quantitative estimate of drug-likeness (QED) is 0.884. The number of carbonyl (C=O) groups excluding carboxylic acids is 1. The summed E-state index contributed by atoms with van der Waals surface area (Å²) in [4.78, 5) is 25.7. The largest absolute Gasteiger partial charge is 0.481 e. The first-order valence-corrected chi connectivity index (χ1v) is 7.41. The number of likely N-dealkylation sites (tertiary alicyclic amines) is 1. The van der Waals surface area contributed by atoms with E-state index in [1.54, 1.807) is 4.90 Å². The number of aliphatic carboxylic acids is 1. The minimum Gasteiger partial charge on any atom is -0.481 e. The van der Waals surface area contributed by atoms with Crippen LogP contribution in [0.5, 0.6) is 0 Å². The Labute approximate surface area is 124 Å². The van der Waals surface area contributed by atoms with E-state index in [0.717, 1.165) is 23.4 Å². The molecule has 21 heavy (non-hydrogen) atoms. The van der Waals surface area contributed by atoms with Crippen LogP contribution in [0.3, 0.4) is 0 Å². The number of carboxylic acid groups (broad SMARTS) is 1. The van der Waals surface area contributed by atoms with Crippen LogP contribution in [0.25, 0.3) is 0 Å². The van der Waals surface area contributed by atoms with Gasteiger partial charge in [0.15, 0.2) is 0 Å². The smallest absolute Gasteiger partial charge is 0.311 e. The van der Waals surface area contributed by atoms with Gasteiger partial charge in [0.05, 0.1) is 17.5 Å². The third kappa shape index (κ3) is 2.94. The fourth-order valence-corrected chi connectivity index (χ4v) is 3.06. The molecule has 1 fully saturated rings. The van der Waals surface area contributed by atoms with Crippen LogP contribution >= 0.6 is 0 Å². The van der Waals surface area contributed by atoms with E-state index in [1.807, 2.05) is 20.8 Å². The highest BCUT2D eigenvalue weighted by Gasteiger charge is 2.42. The first kappa shape index (κ1) is 15.5. The molecule has 0 saturated carbocycles. The number of aromatic amines is 1. The van der Waals surface area contributed by atoms with Gasteiger partial charge in [-0.3, -0.25) is 14.7 Å². The van der Waals surface area contributed by atoms with Crippen molar-refractivity contribution in [3.63, 3.8) is 0 Å². The number of hydrogen-bond acceptors (Lipinski definition) is 3. The molecule has 1 amide bonds. The van der Waals surface area contributed by atoms with E-state index in [4.69, 9.17) is 0 Å². The molecule has 1 aliphatic rings. The minimum atomic E-state index is -0.793. The Balaban J connectivity index is 2.11. The standard InChI is InChI=1S/C15H23N3O3/c1-4-15(14(20)21)6-5-7-18(9-15)13(19)8-12-10(2)16-17-11(12)3/h4-9H2,1-3H3,(H,16,17)(H,20,21)/t15-/m0/s1. The highest BCUT2D eigenvalue weighted by molar-refractivity contribution is 5.81. The molecule has 6 heteroatoms. The molecule has 116 valence electrons. The van der Waals surface area contributed by atoms with E-state index in [2.05, 4.69) is 10.2 Å². The van der Waals surface area contributed by atoms with Crippen molar-refractivity contribution < 1.29 is 14.7 Å². The lowest BCUT2D eigenvalue weighted by molar-refractivity contribution is -0.155. The Morgan fingerprint density at radius 1 is 1.43 bits per heavy atom. The number of amides is 1. The maximum atomic E-state index is 12.5. The second-order valence-corrected chi connectivity index (χ2v) is 5.95. The van der Waals surface area contributed by atoms with Crippen molar-refractivity contribution in [2.75, 3.05) is 13.1 Å². The SMILES string of the molecule is CC[C@]1(C(=O)O)CCCN(C(=O)Cc2c(C)n[nH]c2C)C1. The van der Waals surface area contributed by atoms with E-state index in [-0.39, 0.29) is 12.3 Å². The Bertz CT molecular complexity index is 533. The summed E-state index contributed by atoms with van der Waals surface area (Å²) in [6.45, 7) is 6.60. The maximum absolute atomic E-state index is 12.5. The lowest BCUT2D eigenvalue weighted by atomic mass is 9.77. The Morgan fingerprint density at radius 2 is 2.14 bits per heavy atom. The fraction of sp³-hybridized carbons (Fsp3) is 0.667. The lowest BCUT2D eigenvalue weighted by Crippen LogP contribution is -2.50. The molecule has 0 aliphatic carbocycles. The summed E-state index contributed by atoms with van der Waals surface area (Å²) in [5.41, 5.74) is 1.87. The molecule has 0 unspecified atom stereocenters. The van der Waals surface area contributed by atoms with E-state index in [1.165, 1.54) is 0 Å². The van der Waals surface area contributed by atoms with Crippen LogP contribution in [-0.2, 0) is 16.0 Å². The number of nitrogens with one attached hydrogen (secondary N) is 1. The molecular formula is C15H23N3O3. The molecule has 1 aromatic rings. The van der Waals surface area contributed by atoms with Crippen molar-refractivity contribution >= 4 is 11.9 Å². The number of piperidine rings is 1. The van der Waals surface area contributed by atoms with Crippen LogP contribution in [0.15, 0.2) is 0 Å². The van der Waals surface area contributed by atoms with Crippen LogP contribution in [-0.4, -0.2) is 45.2 Å². The van der Waals surface area contributed by atoms with Crippen molar-refractivity contribution in [2.24, 2.45) is 5.41 Å². The van der Waals surface area contributed by atoms with Crippen LogP contribution in [0.1, 0.15) is 43.1 Å². The number of nitrogens with zero attached hydrogens (tertiary/aromatic N) is 2. The summed E-state index contributed by atoms with van der Waals surface area (Å²) in [6.07, 6.45) is 2.23. The number of rotatable bonds is 4. The van der Waals surface area contributed by atoms with Gasteiger partial charge in [-0.1, -0.05) is 6.92 Å². The molecule has 2 N–H and O–H groups in total. The third-order valence-corrected chi connectivity index (χ3v) is 4.67. The zero-order chi connectivity index (χ0) is 15.6. The number of carboxylic acids is 1. The van der Waals surface area contributed by atoms with E-state index >= 15 is 0 Å². The molecule has 1 saturated heterocycles. The number of aromatic nitrogens is 2. The third-order valence-electron chi connectivity index (χ3n) is 4.67. The number of carbonyl (C=O) groups is 2. The van der Waals surface area contributed by atoms with Crippen molar-refractivity contribution in [1.29, 1.82) is 0 Å². The van der Waals surface area contributed by atoms with Gasteiger partial charge in [-0.2, -0.15) is 5.10 Å². The molecule has 0 aromatic carbocycles. The second-order valence-electron chi connectivity index (χ2n) is 5.95. The average Bonchev–Trinajstić information content (AvgIpc) is 2.78. The molecule has 1 aliphatic heterocycles. The molecule has 6 nitrogen and oxygen atoms in total. The maximum Gasteiger partial charge on any atom is 0.311 e. The Hall–Kier alpha value is -1.85. The minimum absolute atomic E-state index is 0.0126. The highest BCUT2D eigenvalue weighted by Crippen LogP contribution is 2.34. The van der Waals surface area contributed by atoms with E-state index in [9.17, 15) is 14.7 Å². The number of H-pyrrole nitrogens is 1. The van der Waals surface area contributed by atoms with Crippen molar-refractivity contribution in [3.05, 3.63) is 17.0 Å². The first-order valence-electron chi connectivity index (χ1n) is 7.41. The number of aryl methyl sites for hydroxylation is 2. The Kier molecular flexibility index (Phi) is 4.34. The molecule has 1 aromatic heterocycles. The monoisotopic (exact) mass is 293 g/mol. The van der Waals surface area contributed by atoms with Crippen molar-refractivity contribution in [2.45, 2.75) is 46.5 Å². The molecule has 2 rings (SSSR count). The molecule has 1 atom stereocenters. The van der Waals surface area contributed by atoms with Crippen molar-refractivity contribution in [3.8, 4) is 0 Å². The topological polar surface area (TPSA) is 86.3 Å². The van der Waals surface area contributed by atoms with Crippen LogP contribution < -0.4 is 0 Å². The zero-order valence-electron chi connectivity index (χ0n) is 12.9. The average molecular weight is 293 g/mol. The van der Waals surface area contributed by atoms with Gasteiger partial charge in [0.1, 0.15) is 0 Å². The summed E-state index contributed by atoms with van der Waals surface area (Å²) in [5.74, 6) is -0.806. The van der Waals surface area contributed by atoms with Gasteiger partial charge in [0, 0.05) is 24.3 Å². The highest BCUT2D eigenvalue weighted by atomic mass is 16.4. The van der Waals surface area contributed by atoms with Gasteiger partial charge in [-0.25, -0.2) is 0 Å². The van der Waals surface area contributed by atoms with Gasteiger partial charge in [0.2, 0.25) is 5.91 Å². The molecule has 0 spiro atoms. The summed E-state index contributed by atoms with van der Waals surface area (Å²) >= 11 is 0. The van der Waals surface area contributed by atoms with Gasteiger partial charge in [-0.05, 0) is 33.1 Å². The van der Waals surface area contributed by atoms with Gasteiger partial charge in [-0.15, -0.1) is 0 Å². The fourth-order valence-electron chi connectivity index (χ4n) is 3.06. The molecule has 0 bridgehead atoms. The lowest BCUT2D eigenvalue weighted by Gasteiger charge is -2.39. The van der Waals surface area contributed by atoms with Gasteiger partial charge >= 0.3 is 5.97 Å². The summed E-state index contributed by atoms with van der Waals surface area (Å²) in [5, 5.41) is 16.5. The molecule has 2 heterocycles. The van der Waals surface area contributed by atoms with Gasteiger partial charge < -0.3 is 10.0 Å². The zero-order valence-corrected chi connectivity index (χ0v) is 12.9. The molecular weight excluding hydrogens is 270 g/mol. The van der Waals surface area contributed by atoms with E-state index < -0.39 is 11.4 Å². The summed E-state index contributed by atoms with van der Waals surface area (Å²) in [7, 11) is 0. The summed E-state index contributed by atoms with van der Waals surface area (Å²) < 4.78 is 0. The summed E-state index contributed by atoms with van der Waals surface area (Å²) in [6, 6.07) is 0.